The van der Waals surface area contributed by atoms with Gasteiger partial charge in [-0.1, -0.05) is 24.3 Å². The second kappa shape index (κ2) is 12.5. The summed E-state index contributed by atoms with van der Waals surface area (Å²) in [6.45, 7) is 9.81. The second-order valence-electron chi connectivity index (χ2n) is 6.91. The van der Waals surface area contributed by atoms with Gasteiger partial charge in [0, 0.05) is 22.3 Å². The van der Waals surface area contributed by atoms with Crippen LogP contribution in [0.2, 0.25) is 0 Å². The molecule has 162 valence electrons. The van der Waals surface area contributed by atoms with Gasteiger partial charge < -0.3 is 10.6 Å². The van der Waals surface area contributed by atoms with Crippen LogP contribution in [0.15, 0.2) is 41.4 Å². The second-order valence-corrected chi connectivity index (χ2v) is 10.0. The molecule has 3 N–H and O–H groups in total. The van der Waals surface area contributed by atoms with Crippen LogP contribution in [0.5, 0.6) is 0 Å². The molecule has 0 fully saturated rings. The van der Waals surface area contributed by atoms with Crippen LogP contribution in [0.1, 0.15) is 41.7 Å². The molecule has 2 rings (SSSR count). The molecule has 0 saturated carbocycles. The summed E-state index contributed by atoms with van der Waals surface area (Å²) in [6, 6.07) is 11.7. The lowest BCUT2D eigenvalue weighted by molar-refractivity contribution is 0.569. The Kier molecular flexibility index (Phi) is 11.2. The molecule has 0 unspecified atom stereocenters. The molecule has 0 aliphatic rings. The third kappa shape index (κ3) is 9.92. The predicted octanol–water partition coefficient (Wildman–Crippen LogP) is 3.76. The lowest BCUT2D eigenvalue weighted by Gasteiger charge is -2.11. The summed E-state index contributed by atoms with van der Waals surface area (Å²) in [5.74, 6) is 0.750. The molecule has 0 bridgehead atoms. The number of nitrogens with zero attached hydrogens (tertiary/aromatic N) is 1. The first-order chi connectivity index (χ1) is 13.3. The average Bonchev–Trinajstić information content (AvgIpc) is 3.02. The Hall–Kier alpha value is -1.17. The lowest BCUT2D eigenvalue weighted by Crippen LogP contribution is -2.36. The van der Waals surface area contributed by atoms with Gasteiger partial charge in [0.1, 0.15) is 0 Å². The lowest BCUT2D eigenvalue weighted by atomic mass is 10.1. The highest BCUT2D eigenvalue weighted by molar-refractivity contribution is 14.0. The molecule has 0 amide bonds. The van der Waals surface area contributed by atoms with Gasteiger partial charge in [0.05, 0.1) is 18.8 Å². The van der Waals surface area contributed by atoms with E-state index in [0.717, 1.165) is 30.2 Å². The van der Waals surface area contributed by atoms with Crippen LogP contribution in [0.25, 0.3) is 0 Å². The third-order valence-corrected chi connectivity index (χ3v) is 6.33. The number of nitrogens with one attached hydrogen (secondary N) is 3. The zero-order chi connectivity index (χ0) is 20.6. The number of hydrogen-bond donors (Lipinski definition) is 3. The molecule has 0 atom stereocenters. The van der Waals surface area contributed by atoms with Gasteiger partial charge in [-0.05, 0) is 51.0 Å². The molecule has 9 heteroatoms. The Labute approximate surface area is 195 Å². The summed E-state index contributed by atoms with van der Waals surface area (Å²) in [6.07, 6.45) is 0. The number of benzene rings is 1. The number of thiophene rings is 1. The summed E-state index contributed by atoms with van der Waals surface area (Å²) in [5.41, 5.74) is 1.79. The highest BCUT2D eigenvalue weighted by Crippen LogP contribution is 2.14. The molecular weight excluding hydrogens is 519 g/mol. The highest BCUT2D eigenvalue weighted by Gasteiger charge is 2.12. The fraction of sp³-hybridized carbons (Fsp3) is 0.450. The zero-order valence-electron chi connectivity index (χ0n) is 17.4. The maximum atomic E-state index is 12.0. The largest absolute Gasteiger partial charge is 0.357 e. The summed E-state index contributed by atoms with van der Waals surface area (Å²) in [4.78, 5) is 7.18. The minimum Gasteiger partial charge on any atom is -0.357 e. The van der Waals surface area contributed by atoms with Gasteiger partial charge in [0.25, 0.3) is 0 Å². The number of aryl methyl sites for hydroxylation is 1. The zero-order valence-corrected chi connectivity index (χ0v) is 21.3. The first-order valence-electron chi connectivity index (χ1n) is 9.42. The molecule has 1 heterocycles. The van der Waals surface area contributed by atoms with Crippen molar-refractivity contribution in [1.82, 2.24) is 15.4 Å². The molecule has 0 aliphatic carbocycles. The molecule has 29 heavy (non-hydrogen) atoms. The van der Waals surface area contributed by atoms with E-state index in [1.54, 1.807) is 11.3 Å². The monoisotopic (exact) mass is 550 g/mol. The van der Waals surface area contributed by atoms with Gasteiger partial charge >= 0.3 is 0 Å². The van der Waals surface area contributed by atoms with Crippen LogP contribution in [0.3, 0.4) is 0 Å². The van der Waals surface area contributed by atoms with Gasteiger partial charge in [-0.25, -0.2) is 18.1 Å². The summed E-state index contributed by atoms with van der Waals surface area (Å²) in [7, 11) is -3.31. The van der Waals surface area contributed by atoms with Crippen molar-refractivity contribution < 1.29 is 8.42 Å². The maximum Gasteiger partial charge on any atom is 0.216 e. The number of rotatable bonds is 9. The van der Waals surface area contributed by atoms with E-state index in [1.165, 1.54) is 9.75 Å². The standard InChI is InChI=1S/C20H30N4O2S2.HI/c1-5-21-20(23-13-19-11-6-16(4)27-19)22-12-17-7-9-18(10-8-17)14-28(25,26)24-15(2)3;/h6-11,15,24H,5,12-14H2,1-4H3,(H2,21,22,23);1H. The molecular formula is C20H31IN4O2S2. The van der Waals surface area contributed by atoms with Crippen LogP contribution in [-0.4, -0.2) is 27.0 Å². The van der Waals surface area contributed by atoms with Crippen molar-refractivity contribution in [2.75, 3.05) is 6.54 Å². The molecule has 1 aromatic carbocycles. The number of guanidine groups is 1. The smallest absolute Gasteiger partial charge is 0.216 e. The molecule has 1 aromatic heterocycles. The van der Waals surface area contributed by atoms with E-state index >= 15 is 0 Å². The quantitative estimate of drug-likeness (QED) is 0.252. The van der Waals surface area contributed by atoms with E-state index in [1.807, 2.05) is 45.0 Å². The summed E-state index contributed by atoms with van der Waals surface area (Å²) < 4.78 is 26.6. The Balaban J connectivity index is 0.00000420. The first kappa shape index (κ1) is 25.9. The molecule has 2 aromatic rings. The van der Waals surface area contributed by atoms with Crippen molar-refractivity contribution in [3.63, 3.8) is 0 Å². The van der Waals surface area contributed by atoms with Crippen molar-refractivity contribution in [2.45, 2.75) is 52.6 Å². The van der Waals surface area contributed by atoms with E-state index in [4.69, 9.17) is 0 Å². The topological polar surface area (TPSA) is 82.6 Å². The number of sulfonamides is 1. The van der Waals surface area contributed by atoms with Crippen LogP contribution in [0.4, 0.5) is 0 Å². The number of hydrogen-bond acceptors (Lipinski definition) is 4. The van der Waals surface area contributed by atoms with Crippen LogP contribution < -0.4 is 15.4 Å². The van der Waals surface area contributed by atoms with Crippen molar-refractivity contribution in [3.05, 3.63) is 57.3 Å². The van der Waals surface area contributed by atoms with Gasteiger partial charge in [0.15, 0.2) is 5.96 Å². The fourth-order valence-electron chi connectivity index (χ4n) is 2.62. The minimum atomic E-state index is -3.31. The Morgan fingerprint density at radius 2 is 1.72 bits per heavy atom. The highest BCUT2D eigenvalue weighted by atomic mass is 127. The Morgan fingerprint density at radius 3 is 2.28 bits per heavy atom. The van der Waals surface area contributed by atoms with Crippen molar-refractivity contribution in [1.29, 1.82) is 0 Å². The van der Waals surface area contributed by atoms with Gasteiger partial charge in [0.2, 0.25) is 10.0 Å². The maximum absolute atomic E-state index is 12.0. The number of aliphatic imine (C=N–C) groups is 1. The van der Waals surface area contributed by atoms with E-state index in [-0.39, 0.29) is 35.8 Å². The summed E-state index contributed by atoms with van der Waals surface area (Å²) in [5, 5.41) is 6.59. The fourth-order valence-corrected chi connectivity index (χ4v) is 4.89. The van der Waals surface area contributed by atoms with E-state index in [0.29, 0.717) is 6.54 Å². The molecule has 0 radical (unpaired) electrons. The molecule has 0 spiro atoms. The summed E-state index contributed by atoms with van der Waals surface area (Å²) >= 11 is 1.77. The van der Waals surface area contributed by atoms with Gasteiger partial charge in [-0.3, -0.25) is 0 Å². The first-order valence-corrected chi connectivity index (χ1v) is 11.9. The van der Waals surface area contributed by atoms with E-state index < -0.39 is 10.0 Å². The minimum absolute atomic E-state index is 0. The Morgan fingerprint density at radius 1 is 1.07 bits per heavy atom. The average molecular weight is 551 g/mol. The van der Waals surface area contributed by atoms with E-state index in [9.17, 15) is 8.42 Å². The van der Waals surface area contributed by atoms with Crippen LogP contribution in [0, 0.1) is 6.92 Å². The van der Waals surface area contributed by atoms with Gasteiger partial charge in [-0.15, -0.1) is 35.3 Å². The Bertz CT molecular complexity index is 878. The molecule has 0 saturated heterocycles. The van der Waals surface area contributed by atoms with Gasteiger partial charge in [-0.2, -0.15) is 0 Å². The molecule has 0 aliphatic heterocycles. The van der Waals surface area contributed by atoms with E-state index in [2.05, 4.69) is 39.4 Å². The van der Waals surface area contributed by atoms with Crippen molar-refractivity contribution >= 4 is 51.3 Å². The normalized spacial score (nSPS) is 12.0. The SMILES string of the molecule is CCNC(=NCc1ccc(CS(=O)(=O)NC(C)C)cc1)NCc1ccc(C)s1.I. The van der Waals surface area contributed by atoms with Crippen LogP contribution >= 0.6 is 35.3 Å². The van der Waals surface area contributed by atoms with Crippen molar-refractivity contribution in [3.8, 4) is 0 Å². The molecule has 6 nitrogen and oxygen atoms in total. The van der Waals surface area contributed by atoms with Crippen molar-refractivity contribution in [2.24, 2.45) is 4.99 Å². The third-order valence-electron chi connectivity index (χ3n) is 3.78. The predicted molar refractivity (Wildman–Crippen MR) is 133 cm³/mol. The van der Waals surface area contributed by atoms with Crippen LogP contribution in [-0.2, 0) is 28.9 Å². The number of halogens is 1.